The van der Waals surface area contributed by atoms with Gasteiger partial charge in [0.25, 0.3) is 0 Å². The quantitative estimate of drug-likeness (QED) is 0.867. The number of carbonyl (C=O) groups excluding carboxylic acids is 1. The lowest BCUT2D eigenvalue weighted by Gasteiger charge is -2.29. The molecule has 0 aliphatic heterocycles. The van der Waals surface area contributed by atoms with Gasteiger partial charge in [-0.25, -0.2) is 4.98 Å². The van der Waals surface area contributed by atoms with Crippen molar-refractivity contribution in [3.63, 3.8) is 0 Å². The van der Waals surface area contributed by atoms with Crippen LogP contribution in [0, 0.1) is 5.92 Å². The molecule has 1 aromatic rings. The predicted molar refractivity (Wildman–Crippen MR) is 88.0 cm³/mol. The number of halogens is 2. The molecule has 7 heteroatoms. The monoisotopic (exact) mass is 339 g/mol. The first kappa shape index (κ1) is 19.6. The Bertz CT molecular complexity index is 394. The molecule has 1 aromatic heterocycles. The van der Waals surface area contributed by atoms with E-state index in [2.05, 4.69) is 15.6 Å². The molecule has 1 unspecified atom stereocenters. The molecule has 1 amide bonds. The Morgan fingerprint density at radius 1 is 1.45 bits per heavy atom. The second-order valence-electron chi connectivity index (χ2n) is 5.07. The first-order valence-corrected chi connectivity index (χ1v) is 7.42. The molecule has 2 rings (SSSR count). The second kappa shape index (κ2) is 8.82. The number of hydrogen-bond donors (Lipinski definition) is 2. The SMILES string of the molecule is CNCC(C)C(=O)NC1(c2nccs2)CCCC1.Cl.Cl. The summed E-state index contributed by atoms with van der Waals surface area (Å²) >= 11 is 1.64. The van der Waals surface area contributed by atoms with E-state index in [9.17, 15) is 4.79 Å². The zero-order valence-electron chi connectivity index (χ0n) is 11.8. The molecule has 1 atom stereocenters. The smallest absolute Gasteiger partial charge is 0.224 e. The molecule has 2 N–H and O–H groups in total. The number of nitrogens with zero attached hydrogens (tertiary/aromatic N) is 1. The van der Waals surface area contributed by atoms with Crippen LogP contribution in [0.4, 0.5) is 0 Å². The van der Waals surface area contributed by atoms with Gasteiger partial charge in [0.15, 0.2) is 0 Å². The third kappa shape index (κ3) is 4.32. The summed E-state index contributed by atoms with van der Waals surface area (Å²) in [7, 11) is 1.87. The highest BCUT2D eigenvalue weighted by molar-refractivity contribution is 7.09. The van der Waals surface area contributed by atoms with Gasteiger partial charge in [0, 0.05) is 24.0 Å². The van der Waals surface area contributed by atoms with Crippen LogP contribution in [0.5, 0.6) is 0 Å². The van der Waals surface area contributed by atoms with Gasteiger partial charge in [-0.15, -0.1) is 36.2 Å². The summed E-state index contributed by atoms with van der Waals surface area (Å²) in [5.74, 6) is 0.119. The summed E-state index contributed by atoms with van der Waals surface area (Å²) < 4.78 is 0. The van der Waals surface area contributed by atoms with Crippen LogP contribution >= 0.6 is 36.2 Å². The molecule has 20 heavy (non-hydrogen) atoms. The summed E-state index contributed by atoms with van der Waals surface area (Å²) in [6, 6.07) is 0. The molecule has 1 saturated carbocycles. The van der Waals surface area contributed by atoms with Crippen LogP contribution in [0.1, 0.15) is 37.6 Å². The van der Waals surface area contributed by atoms with E-state index in [0.29, 0.717) is 6.54 Å². The van der Waals surface area contributed by atoms with Gasteiger partial charge < -0.3 is 10.6 Å². The highest BCUT2D eigenvalue weighted by atomic mass is 35.5. The van der Waals surface area contributed by atoms with Gasteiger partial charge in [0.2, 0.25) is 5.91 Å². The number of rotatable bonds is 5. The van der Waals surface area contributed by atoms with Crippen molar-refractivity contribution in [1.29, 1.82) is 0 Å². The fourth-order valence-electron chi connectivity index (χ4n) is 2.59. The van der Waals surface area contributed by atoms with Gasteiger partial charge in [-0.2, -0.15) is 0 Å². The molecule has 1 aliphatic rings. The van der Waals surface area contributed by atoms with Gasteiger partial charge in [0.1, 0.15) is 5.01 Å². The standard InChI is InChI=1S/C13H21N3OS.2ClH/c1-10(9-14-2)11(17)16-13(5-3-4-6-13)12-15-7-8-18-12;;/h7-8,10,14H,3-6,9H2,1-2H3,(H,16,17);2*1H. The van der Waals surface area contributed by atoms with Gasteiger partial charge in [-0.1, -0.05) is 19.8 Å². The number of nitrogens with one attached hydrogen (secondary N) is 2. The van der Waals surface area contributed by atoms with E-state index in [0.717, 1.165) is 17.8 Å². The van der Waals surface area contributed by atoms with Crippen LogP contribution in [0.25, 0.3) is 0 Å². The predicted octanol–water partition coefficient (Wildman–Crippen LogP) is 2.73. The largest absolute Gasteiger partial charge is 0.344 e. The molecule has 0 radical (unpaired) electrons. The van der Waals surface area contributed by atoms with E-state index < -0.39 is 0 Å². The average molecular weight is 340 g/mol. The molecule has 0 saturated heterocycles. The molecular weight excluding hydrogens is 317 g/mol. The van der Waals surface area contributed by atoms with E-state index >= 15 is 0 Å². The topological polar surface area (TPSA) is 54.0 Å². The summed E-state index contributed by atoms with van der Waals surface area (Å²) in [6.45, 7) is 2.66. The van der Waals surface area contributed by atoms with Crippen LogP contribution < -0.4 is 10.6 Å². The van der Waals surface area contributed by atoms with Crippen LogP contribution in [0.15, 0.2) is 11.6 Å². The van der Waals surface area contributed by atoms with Gasteiger partial charge in [0.05, 0.1) is 5.54 Å². The molecule has 0 spiro atoms. The maximum Gasteiger partial charge on any atom is 0.224 e. The van der Waals surface area contributed by atoms with E-state index in [-0.39, 0.29) is 42.2 Å². The van der Waals surface area contributed by atoms with Gasteiger partial charge >= 0.3 is 0 Å². The highest BCUT2D eigenvalue weighted by Gasteiger charge is 2.39. The van der Waals surface area contributed by atoms with Crippen LogP contribution in [-0.4, -0.2) is 24.5 Å². The number of thiazole rings is 1. The summed E-state index contributed by atoms with van der Waals surface area (Å²) in [5, 5.41) is 9.34. The van der Waals surface area contributed by atoms with Crippen molar-refractivity contribution in [3.05, 3.63) is 16.6 Å². The molecule has 4 nitrogen and oxygen atoms in total. The number of carbonyl (C=O) groups is 1. The number of aromatic nitrogens is 1. The average Bonchev–Trinajstić information content (AvgIpc) is 3.00. The summed E-state index contributed by atoms with van der Waals surface area (Å²) in [6.07, 6.45) is 6.18. The zero-order chi connectivity index (χ0) is 13.0. The van der Waals surface area contributed by atoms with Crippen molar-refractivity contribution >= 4 is 42.1 Å². The minimum absolute atomic E-state index is 0. The third-order valence-corrected chi connectivity index (χ3v) is 4.60. The number of amides is 1. The van der Waals surface area contributed by atoms with Crippen molar-refractivity contribution in [1.82, 2.24) is 15.6 Å². The highest BCUT2D eigenvalue weighted by Crippen LogP contribution is 2.39. The van der Waals surface area contributed by atoms with E-state index in [1.165, 1.54) is 12.8 Å². The lowest BCUT2D eigenvalue weighted by atomic mass is 9.97. The lowest BCUT2D eigenvalue weighted by molar-refractivity contribution is -0.126. The maximum atomic E-state index is 12.2. The van der Waals surface area contributed by atoms with Crippen molar-refractivity contribution in [2.24, 2.45) is 5.92 Å². The van der Waals surface area contributed by atoms with Crippen molar-refractivity contribution < 1.29 is 4.79 Å². The van der Waals surface area contributed by atoms with Crippen molar-refractivity contribution in [2.75, 3.05) is 13.6 Å². The third-order valence-electron chi connectivity index (χ3n) is 3.62. The van der Waals surface area contributed by atoms with E-state index in [1.807, 2.05) is 25.5 Å². The normalized spacial score (nSPS) is 17.7. The van der Waals surface area contributed by atoms with Crippen molar-refractivity contribution in [3.8, 4) is 0 Å². The second-order valence-corrected chi connectivity index (χ2v) is 5.97. The molecule has 0 bridgehead atoms. The van der Waals surface area contributed by atoms with Crippen LogP contribution in [0.2, 0.25) is 0 Å². The summed E-state index contributed by atoms with van der Waals surface area (Å²) in [5.41, 5.74) is -0.201. The first-order valence-electron chi connectivity index (χ1n) is 6.54. The molecule has 0 aromatic carbocycles. The Hall–Kier alpha value is -0.360. The fraction of sp³-hybridized carbons (Fsp3) is 0.692. The Morgan fingerprint density at radius 3 is 2.60 bits per heavy atom. The van der Waals surface area contributed by atoms with Crippen molar-refractivity contribution in [2.45, 2.75) is 38.1 Å². The van der Waals surface area contributed by atoms with Gasteiger partial charge in [-0.05, 0) is 19.9 Å². The molecule has 116 valence electrons. The Balaban J connectivity index is 0.00000180. The maximum absolute atomic E-state index is 12.2. The summed E-state index contributed by atoms with van der Waals surface area (Å²) in [4.78, 5) is 16.6. The molecule has 1 heterocycles. The molecule has 1 fully saturated rings. The lowest BCUT2D eigenvalue weighted by Crippen LogP contribution is -2.47. The first-order chi connectivity index (χ1) is 8.68. The van der Waals surface area contributed by atoms with Gasteiger partial charge in [-0.3, -0.25) is 4.79 Å². The van der Waals surface area contributed by atoms with E-state index in [1.54, 1.807) is 11.3 Å². The Morgan fingerprint density at radius 2 is 2.10 bits per heavy atom. The number of hydrogen-bond acceptors (Lipinski definition) is 4. The Kier molecular flexibility index (Phi) is 8.66. The van der Waals surface area contributed by atoms with Crippen LogP contribution in [-0.2, 0) is 10.3 Å². The van der Waals surface area contributed by atoms with E-state index in [4.69, 9.17) is 0 Å². The Labute approximate surface area is 137 Å². The van der Waals surface area contributed by atoms with Crippen LogP contribution in [0.3, 0.4) is 0 Å². The fourth-order valence-corrected chi connectivity index (χ4v) is 3.44. The molecule has 1 aliphatic carbocycles. The zero-order valence-corrected chi connectivity index (χ0v) is 14.3. The molecular formula is C13H23Cl2N3OS. The minimum Gasteiger partial charge on any atom is -0.344 e. The minimum atomic E-state index is -0.201.